The molecule has 1 rings (SSSR count). The first-order valence-electron chi connectivity index (χ1n) is 3.44. The fraction of sp³-hybridized carbons (Fsp3) is 0.143. The molecule has 12 heavy (non-hydrogen) atoms. The molecule has 66 valence electrons. The van der Waals surface area contributed by atoms with Gasteiger partial charge >= 0.3 is 0 Å². The van der Waals surface area contributed by atoms with E-state index in [1.54, 1.807) is 18.2 Å². The van der Waals surface area contributed by atoms with Crippen molar-refractivity contribution in [3.05, 3.63) is 24.3 Å². The monoisotopic (exact) mass is 169 g/mol. The molecule has 0 heterocycles. The average molecular weight is 169 g/mol. The van der Waals surface area contributed by atoms with E-state index in [2.05, 4.69) is 0 Å². The molecule has 0 saturated heterocycles. The molecule has 0 amide bonds. The largest absolute Gasteiger partial charge is 0.491 e. The lowest BCUT2D eigenvalue weighted by atomic mass is 10.3. The maximum absolute atomic E-state index is 5.45. The lowest BCUT2D eigenvalue weighted by molar-refractivity contribution is 0.287. The second-order valence-electron chi connectivity index (χ2n) is 2.51. The number of ether oxygens (including phenoxy) is 1. The normalized spacial score (nSPS) is 11.3. The average Bonchev–Trinajstić information content (AvgIpc) is 2.03. The highest BCUT2D eigenvalue weighted by Crippen LogP contribution is 2.25. The van der Waals surface area contributed by atoms with Gasteiger partial charge in [0.2, 0.25) is 5.69 Å². The highest BCUT2D eigenvalue weighted by atomic mass is 16.5. The summed E-state index contributed by atoms with van der Waals surface area (Å²) in [5.41, 5.74) is 0.528. The van der Waals surface area contributed by atoms with Gasteiger partial charge in [0.25, 0.3) is 0 Å². The van der Waals surface area contributed by atoms with E-state index in [1.165, 1.54) is 7.11 Å². The summed E-state index contributed by atoms with van der Waals surface area (Å²) in [4.78, 5) is -0.718. The van der Waals surface area contributed by atoms with E-state index in [1.807, 2.05) is 6.07 Å². The molecule has 6 N–H and O–H groups in total. The standard InChI is InChI=1S/C7H13N4O/c1-12-7-5-3-2-4-6(7)11(8,9)10/h2-5H,8-10H2,1H3/q+1. The van der Waals surface area contributed by atoms with Crippen molar-refractivity contribution >= 4 is 5.69 Å². The fourth-order valence-electron chi connectivity index (χ4n) is 0.950. The highest BCUT2D eigenvalue weighted by Gasteiger charge is 2.20. The van der Waals surface area contributed by atoms with Gasteiger partial charge in [-0.05, 0) is 6.07 Å². The Morgan fingerprint density at radius 2 is 1.75 bits per heavy atom. The van der Waals surface area contributed by atoms with Crippen LogP contribution in [0, 0.1) is 0 Å². The zero-order chi connectivity index (χ0) is 9.19. The van der Waals surface area contributed by atoms with E-state index in [4.69, 9.17) is 22.3 Å². The van der Waals surface area contributed by atoms with Crippen LogP contribution in [0.15, 0.2) is 24.3 Å². The number of methoxy groups -OCH3 is 1. The predicted octanol–water partition coefficient (Wildman–Crippen LogP) is -0.376. The molecule has 0 fully saturated rings. The molecule has 0 aliphatic carbocycles. The van der Waals surface area contributed by atoms with Gasteiger partial charge in [0.1, 0.15) is 0 Å². The number of hydrogen-bond acceptors (Lipinski definition) is 4. The lowest BCUT2D eigenvalue weighted by Gasteiger charge is -2.20. The Hall–Kier alpha value is -1.14. The molecule has 1 aromatic rings. The molecule has 0 unspecified atom stereocenters. The molecule has 0 bridgehead atoms. The Labute approximate surface area is 70.8 Å². The molecule has 0 spiro atoms. The van der Waals surface area contributed by atoms with Crippen LogP contribution in [0.3, 0.4) is 0 Å². The summed E-state index contributed by atoms with van der Waals surface area (Å²) in [7, 11) is 1.54. The van der Waals surface area contributed by atoms with Gasteiger partial charge in [0, 0.05) is 6.07 Å². The predicted molar refractivity (Wildman–Crippen MR) is 47.4 cm³/mol. The van der Waals surface area contributed by atoms with Crippen molar-refractivity contribution < 1.29 is 4.74 Å². The number of nitrogens with two attached hydrogens (primary N) is 3. The van der Waals surface area contributed by atoms with E-state index in [0.717, 1.165) is 0 Å². The Morgan fingerprint density at radius 3 is 2.17 bits per heavy atom. The topological polar surface area (TPSA) is 87.3 Å². The Bertz CT molecular complexity index is 268. The summed E-state index contributed by atoms with van der Waals surface area (Å²) < 4.78 is 5.02. The van der Waals surface area contributed by atoms with Crippen LogP contribution < -0.4 is 27.1 Å². The first-order chi connectivity index (χ1) is 5.55. The zero-order valence-corrected chi connectivity index (χ0v) is 6.90. The molecular formula is C7H13N4O+. The minimum absolute atomic E-state index is 0.528. The summed E-state index contributed by atoms with van der Waals surface area (Å²) in [6, 6.07) is 7.06. The quantitative estimate of drug-likeness (QED) is 0.320. The fourth-order valence-corrected chi connectivity index (χ4v) is 0.950. The molecular weight excluding hydrogens is 156 g/mol. The summed E-state index contributed by atoms with van der Waals surface area (Å²) in [6.45, 7) is 0. The van der Waals surface area contributed by atoms with Gasteiger partial charge in [-0.1, -0.05) is 16.9 Å². The number of hydrogen-bond donors (Lipinski definition) is 3. The van der Waals surface area contributed by atoms with Crippen molar-refractivity contribution in [1.82, 2.24) is 4.81 Å². The molecule has 5 heteroatoms. The van der Waals surface area contributed by atoms with Gasteiger partial charge in [-0.15, -0.1) is 17.5 Å². The van der Waals surface area contributed by atoms with Gasteiger partial charge in [-0.25, -0.2) is 0 Å². The van der Waals surface area contributed by atoms with Crippen molar-refractivity contribution in [1.29, 1.82) is 0 Å². The second kappa shape index (κ2) is 3.08. The Kier molecular flexibility index (Phi) is 2.30. The summed E-state index contributed by atoms with van der Waals surface area (Å²) in [5.74, 6) is 16.9. The van der Waals surface area contributed by atoms with Crippen LogP contribution >= 0.6 is 0 Å². The van der Waals surface area contributed by atoms with Gasteiger partial charge in [0.05, 0.1) is 7.11 Å². The molecule has 0 aliphatic heterocycles. The number of quaternary nitrogens is 1. The van der Waals surface area contributed by atoms with Crippen LogP contribution in [0.5, 0.6) is 5.75 Å². The van der Waals surface area contributed by atoms with Crippen molar-refractivity contribution in [2.75, 3.05) is 7.11 Å². The number of para-hydroxylation sites is 1. The smallest absolute Gasteiger partial charge is 0.233 e. The van der Waals surface area contributed by atoms with Gasteiger partial charge in [-0.2, -0.15) is 0 Å². The number of rotatable bonds is 2. The second-order valence-corrected chi connectivity index (χ2v) is 2.51. The van der Waals surface area contributed by atoms with Crippen LogP contribution in [-0.2, 0) is 0 Å². The lowest BCUT2D eigenvalue weighted by Crippen LogP contribution is -2.67. The third-order valence-corrected chi connectivity index (χ3v) is 1.50. The first kappa shape index (κ1) is 8.95. The third kappa shape index (κ3) is 1.72. The first-order valence-corrected chi connectivity index (χ1v) is 3.44. The van der Waals surface area contributed by atoms with Crippen molar-refractivity contribution in [2.45, 2.75) is 0 Å². The molecule has 0 radical (unpaired) electrons. The van der Waals surface area contributed by atoms with E-state index >= 15 is 0 Å². The van der Waals surface area contributed by atoms with Crippen LogP contribution in [-0.4, -0.2) is 7.11 Å². The minimum Gasteiger partial charge on any atom is -0.491 e. The van der Waals surface area contributed by atoms with Crippen molar-refractivity contribution in [3.8, 4) is 5.75 Å². The van der Waals surface area contributed by atoms with E-state index in [-0.39, 0.29) is 0 Å². The molecule has 0 saturated carbocycles. The van der Waals surface area contributed by atoms with E-state index < -0.39 is 4.81 Å². The Balaban J connectivity index is 3.14. The maximum Gasteiger partial charge on any atom is 0.233 e. The van der Waals surface area contributed by atoms with Crippen LogP contribution in [0.25, 0.3) is 0 Å². The van der Waals surface area contributed by atoms with Crippen LogP contribution in [0.4, 0.5) is 5.69 Å². The van der Waals surface area contributed by atoms with Gasteiger partial charge < -0.3 is 4.74 Å². The molecule has 0 aliphatic rings. The maximum atomic E-state index is 5.45. The highest BCUT2D eigenvalue weighted by molar-refractivity contribution is 5.53. The SMILES string of the molecule is COc1ccccc1[N+](N)(N)N. The van der Waals surface area contributed by atoms with Crippen molar-refractivity contribution in [2.24, 2.45) is 17.5 Å². The summed E-state index contributed by atoms with van der Waals surface area (Å²) >= 11 is 0. The van der Waals surface area contributed by atoms with E-state index in [0.29, 0.717) is 11.4 Å². The molecule has 0 atom stereocenters. The minimum atomic E-state index is -0.718. The number of nitrogens with zero attached hydrogens (tertiary/aromatic N) is 1. The van der Waals surface area contributed by atoms with Crippen LogP contribution in [0.2, 0.25) is 0 Å². The molecule has 5 nitrogen and oxygen atoms in total. The zero-order valence-electron chi connectivity index (χ0n) is 6.90. The molecule has 1 aromatic carbocycles. The van der Waals surface area contributed by atoms with Crippen LogP contribution in [0.1, 0.15) is 0 Å². The Morgan fingerprint density at radius 1 is 1.17 bits per heavy atom. The molecule has 0 aromatic heterocycles. The van der Waals surface area contributed by atoms with Crippen molar-refractivity contribution in [3.63, 3.8) is 0 Å². The van der Waals surface area contributed by atoms with E-state index in [9.17, 15) is 0 Å². The summed E-state index contributed by atoms with van der Waals surface area (Å²) in [6.07, 6.45) is 0. The van der Waals surface area contributed by atoms with Gasteiger partial charge in [0.15, 0.2) is 5.75 Å². The third-order valence-electron chi connectivity index (χ3n) is 1.50. The summed E-state index contributed by atoms with van der Waals surface area (Å²) in [5, 5.41) is 0. The number of benzene rings is 1. The van der Waals surface area contributed by atoms with Gasteiger partial charge in [-0.3, -0.25) is 0 Å².